The highest BCUT2D eigenvalue weighted by atomic mass is 19.1. The molecule has 98 valence electrons. The van der Waals surface area contributed by atoms with Crippen LogP contribution in [0.1, 0.15) is 10.4 Å². The standard InChI is InChI=1S/C12H13FO5/c13-9-10(8(6-14)17-12(9)16)18-11(15)7-4-2-1-3-5-7/h1-5,8-10,12,14,16H,6H2/t8-,9?,10?,12+/m1/s1. The van der Waals surface area contributed by atoms with Gasteiger partial charge in [0.05, 0.1) is 12.2 Å². The number of halogens is 1. The maximum atomic E-state index is 13.5. The van der Waals surface area contributed by atoms with Gasteiger partial charge in [-0.05, 0) is 12.1 Å². The molecule has 1 saturated heterocycles. The lowest BCUT2D eigenvalue weighted by Crippen LogP contribution is -2.36. The topological polar surface area (TPSA) is 76.0 Å². The van der Waals surface area contributed by atoms with E-state index in [1.165, 1.54) is 12.1 Å². The number of esters is 1. The van der Waals surface area contributed by atoms with Crippen molar-refractivity contribution in [1.29, 1.82) is 0 Å². The lowest BCUT2D eigenvalue weighted by Gasteiger charge is -2.17. The molecule has 0 radical (unpaired) electrons. The summed E-state index contributed by atoms with van der Waals surface area (Å²) in [4.78, 5) is 11.7. The Morgan fingerprint density at radius 1 is 1.39 bits per heavy atom. The van der Waals surface area contributed by atoms with Crippen LogP contribution in [0.5, 0.6) is 0 Å². The van der Waals surface area contributed by atoms with Crippen LogP contribution in [0.15, 0.2) is 30.3 Å². The van der Waals surface area contributed by atoms with E-state index in [4.69, 9.17) is 19.7 Å². The fourth-order valence-corrected chi connectivity index (χ4v) is 1.75. The van der Waals surface area contributed by atoms with Crippen LogP contribution in [0.4, 0.5) is 4.39 Å². The van der Waals surface area contributed by atoms with E-state index in [0.29, 0.717) is 0 Å². The first-order chi connectivity index (χ1) is 8.63. The molecule has 1 fully saturated rings. The first-order valence-electron chi connectivity index (χ1n) is 5.48. The van der Waals surface area contributed by atoms with Gasteiger partial charge in [-0.1, -0.05) is 18.2 Å². The summed E-state index contributed by atoms with van der Waals surface area (Å²) in [7, 11) is 0. The lowest BCUT2D eigenvalue weighted by atomic mass is 10.1. The summed E-state index contributed by atoms with van der Waals surface area (Å²) in [6.45, 7) is -0.537. The quantitative estimate of drug-likeness (QED) is 0.759. The molecular formula is C12H13FO5. The van der Waals surface area contributed by atoms with E-state index in [-0.39, 0.29) is 5.56 Å². The van der Waals surface area contributed by atoms with E-state index in [1.54, 1.807) is 18.2 Å². The van der Waals surface area contributed by atoms with Crippen molar-refractivity contribution in [3.8, 4) is 0 Å². The van der Waals surface area contributed by atoms with Gasteiger partial charge in [-0.2, -0.15) is 0 Å². The molecule has 1 aromatic carbocycles. The largest absolute Gasteiger partial charge is 0.453 e. The highest BCUT2D eigenvalue weighted by molar-refractivity contribution is 5.89. The van der Waals surface area contributed by atoms with Gasteiger partial charge in [-0.25, -0.2) is 9.18 Å². The lowest BCUT2D eigenvalue weighted by molar-refractivity contribution is -0.121. The second kappa shape index (κ2) is 5.43. The molecule has 0 aromatic heterocycles. The highest BCUT2D eigenvalue weighted by Crippen LogP contribution is 2.25. The maximum absolute atomic E-state index is 13.5. The van der Waals surface area contributed by atoms with Crippen LogP contribution in [0.3, 0.4) is 0 Å². The van der Waals surface area contributed by atoms with Crippen molar-refractivity contribution in [2.24, 2.45) is 0 Å². The van der Waals surface area contributed by atoms with Crippen molar-refractivity contribution >= 4 is 5.97 Å². The van der Waals surface area contributed by atoms with Gasteiger partial charge in [0.1, 0.15) is 6.10 Å². The van der Waals surface area contributed by atoms with E-state index in [9.17, 15) is 9.18 Å². The minimum Gasteiger partial charge on any atom is -0.453 e. The van der Waals surface area contributed by atoms with E-state index in [2.05, 4.69) is 0 Å². The number of rotatable bonds is 3. The molecule has 0 spiro atoms. The van der Waals surface area contributed by atoms with Crippen molar-refractivity contribution < 1.29 is 28.9 Å². The van der Waals surface area contributed by atoms with Gasteiger partial charge < -0.3 is 19.7 Å². The molecule has 1 heterocycles. The molecule has 1 aliphatic rings. The van der Waals surface area contributed by atoms with Gasteiger partial charge in [-0.3, -0.25) is 0 Å². The van der Waals surface area contributed by atoms with Gasteiger partial charge >= 0.3 is 5.97 Å². The van der Waals surface area contributed by atoms with Crippen LogP contribution in [-0.4, -0.2) is 47.5 Å². The third-order valence-corrected chi connectivity index (χ3v) is 2.70. The molecule has 2 rings (SSSR count). The van der Waals surface area contributed by atoms with Gasteiger partial charge in [0, 0.05) is 0 Å². The number of hydrogen-bond acceptors (Lipinski definition) is 5. The number of benzene rings is 1. The van der Waals surface area contributed by atoms with Crippen LogP contribution in [0.2, 0.25) is 0 Å². The zero-order valence-corrected chi connectivity index (χ0v) is 9.40. The molecule has 2 N–H and O–H groups in total. The molecule has 0 amide bonds. The number of carbonyl (C=O) groups excluding carboxylic acids is 1. The van der Waals surface area contributed by atoms with Crippen molar-refractivity contribution in [3.63, 3.8) is 0 Å². The van der Waals surface area contributed by atoms with Gasteiger partial charge in [0.2, 0.25) is 0 Å². The zero-order valence-electron chi connectivity index (χ0n) is 9.40. The SMILES string of the molecule is O=C(OC1C(F)[C@@H](O)O[C@@H]1CO)c1ccccc1. The molecule has 18 heavy (non-hydrogen) atoms. The van der Waals surface area contributed by atoms with E-state index >= 15 is 0 Å². The summed E-state index contributed by atoms with van der Waals surface area (Å²) < 4.78 is 23.2. The third-order valence-electron chi connectivity index (χ3n) is 2.70. The minimum atomic E-state index is -1.87. The second-order valence-corrected chi connectivity index (χ2v) is 3.93. The Hall–Kier alpha value is -1.50. The van der Waals surface area contributed by atoms with Gasteiger partial charge in [0.15, 0.2) is 18.6 Å². The third kappa shape index (κ3) is 2.50. The average Bonchev–Trinajstić information content (AvgIpc) is 2.67. The molecule has 1 aromatic rings. The zero-order chi connectivity index (χ0) is 13.1. The summed E-state index contributed by atoms with van der Waals surface area (Å²) >= 11 is 0. The average molecular weight is 256 g/mol. The van der Waals surface area contributed by atoms with Crippen LogP contribution >= 0.6 is 0 Å². The van der Waals surface area contributed by atoms with E-state index in [0.717, 1.165) is 0 Å². The van der Waals surface area contributed by atoms with Crippen molar-refractivity contribution in [2.45, 2.75) is 24.7 Å². The number of ether oxygens (including phenoxy) is 2. The fourth-order valence-electron chi connectivity index (χ4n) is 1.75. The van der Waals surface area contributed by atoms with Crippen molar-refractivity contribution in [1.82, 2.24) is 0 Å². The number of hydrogen-bond donors (Lipinski definition) is 2. The second-order valence-electron chi connectivity index (χ2n) is 3.93. The Morgan fingerprint density at radius 3 is 2.67 bits per heavy atom. The molecule has 2 unspecified atom stereocenters. The monoisotopic (exact) mass is 256 g/mol. The van der Waals surface area contributed by atoms with Crippen LogP contribution in [0.25, 0.3) is 0 Å². The first kappa shape index (κ1) is 12.9. The summed E-state index contributed by atoms with van der Waals surface area (Å²) in [5.74, 6) is -0.723. The van der Waals surface area contributed by atoms with Crippen LogP contribution < -0.4 is 0 Å². The Balaban J connectivity index is 2.06. The Labute approximate surface area is 103 Å². The predicted octanol–water partition coefficient (Wildman–Crippen LogP) is 0.260. The molecule has 0 aliphatic carbocycles. The van der Waals surface area contributed by atoms with Crippen molar-refractivity contribution in [3.05, 3.63) is 35.9 Å². The first-order valence-corrected chi connectivity index (χ1v) is 5.48. The Morgan fingerprint density at radius 2 is 2.06 bits per heavy atom. The normalized spacial score (nSPS) is 31.3. The smallest absolute Gasteiger partial charge is 0.338 e. The van der Waals surface area contributed by atoms with Crippen molar-refractivity contribution in [2.75, 3.05) is 6.61 Å². The maximum Gasteiger partial charge on any atom is 0.338 e. The Kier molecular flexibility index (Phi) is 3.90. The number of aliphatic hydroxyl groups excluding tert-OH is 2. The number of alkyl halides is 1. The highest BCUT2D eigenvalue weighted by Gasteiger charge is 2.46. The minimum absolute atomic E-state index is 0.266. The van der Waals surface area contributed by atoms with Gasteiger partial charge in [-0.15, -0.1) is 0 Å². The fraction of sp³-hybridized carbons (Fsp3) is 0.417. The van der Waals surface area contributed by atoms with Gasteiger partial charge in [0.25, 0.3) is 0 Å². The number of aliphatic hydroxyl groups is 2. The van der Waals surface area contributed by atoms with E-state index in [1.807, 2.05) is 0 Å². The summed E-state index contributed by atoms with van der Waals surface area (Å²) in [5.41, 5.74) is 0.266. The molecule has 4 atom stereocenters. The molecule has 0 saturated carbocycles. The Bertz CT molecular complexity index is 410. The number of carbonyl (C=O) groups is 1. The molecule has 6 heteroatoms. The summed E-state index contributed by atoms with van der Waals surface area (Å²) in [5, 5.41) is 18.1. The van der Waals surface area contributed by atoms with E-state index < -0.39 is 37.2 Å². The summed E-state index contributed by atoms with van der Waals surface area (Å²) in [6.07, 6.45) is -5.91. The predicted molar refractivity (Wildman–Crippen MR) is 58.5 cm³/mol. The summed E-state index contributed by atoms with van der Waals surface area (Å²) in [6, 6.07) is 8.07. The van der Waals surface area contributed by atoms with Crippen LogP contribution in [0, 0.1) is 0 Å². The molecular weight excluding hydrogens is 243 g/mol. The molecule has 5 nitrogen and oxygen atoms in total. The molecule has 0 bridgehead atoms. The molecule has 1 aliphatic heterocycles. The van der Waals surface area contributed by atoms with Crippen LogP contribution in [-0.2, 0) is 9.47 Å².